The van der Waals surface area contributed by atoms with E-state index in [0.717, 1.165) is 5.56 Å². The highest BCUT2D eigenvalue weighted by Crippen LogP contribution is 2.32. The van der Waals surface area contributed by atoms with Crippen LogP contribution in [0.25, 0.3) is 0 Å². The van der Waals surface area contributed by atoms with Gasteiger partial charge in [0.15, 0.2) is 0 Å². The Hall–Kier alpha value is -2.08. The minimum Gasteiger partial charge on any atom is -0.461 e. The SMILES string of the molecule is CCOC(=O)c1[nH]c(S(=O)(=O)c2ccc(C)cc2)c(C)c1C(C)C. The van der Waals surface area contributed by atoms with Gasteiger partial charge < -0.3 is 9.72 Å². The molecule has 0 unspecified atom stereocenters. The first-order chi connectivity index (χ1) is 11.2. The number of carbonyl (C=O) groups excluding carboxylic acids is 1. The number of aromatic nitrogens is 1. The zero-order valence-electron chi connectivity index (χ0n) is 14.6. The topological polar surface area (TPSA) is 76.2 Å². The molecule has 24 heavy (non-hydrogen) atoms. The van der Waals surface area contributed by atoms with E-state index in [1.54, 1.807) is 38.1 Å². The van der Waals surface area contributed by atoms with Gasteiger partial charge in [0.05, 0.1) is 11.5 Å². The maximum absolute atomic E-state index is 13.0. The Bertz CT molecular complexity index is 846. The van der Waals surface area contributed by atoms with E-state index in [9.17, 15) is 13.2 Å². The number of rotatable bonds is 5. The average molecular weight is 349 g/mol. The number of aromatic amines is 1. The van der Waals surface area contributed by atoms with E-state index in [0.29, 0.717) is 11.1 Å². The summed E-state index contributed by atoms with van der Waals surface area (Å²) in [4.78, 5) is 15.2. The fraction of sp³-hybridized carbons (Fsp3) is 0.389. The third-order valence-corrected chi connectivity index (χ3v) is 5.75. The van der Waals surface area contributed by atoms with E-state index < -0.39 is 15.8 Å². The van der Waals surface area contributed by atoms with E-state index in [1.165, 1.54) is 0 Å². The fourth-order valence-corrected chi connectivity index (χ4v) is 4.25. The van der Waals surface area contributed by atoms with Gasteiger partial charge in [-0.25, -0.2) is 13.2 Å². The standard InChI is InChI=1S/C18H23NO4S/c1-6-23-18(20)16-15(11(2)3)13(5)17(19-16)24(21,22)14-9-7-12(4)8-10-14/h7-11,19H,6H2,1-5H3. The molecule has 0 amide bonds. The van der Waals surface area contributed by atoms with Gasteiger partial charge in [0.25, 0.3) is 0 Å². The molecule has 0 fully saturated rings. The number of H-pyrrole nitrogens is 1. The number of nitrogens with one attached hydrogen (secondary N) is 1. The summed E-state index contributed by atoms with van der Waals surface area (Å²) in [5.74, 6) is -0.544. The van der Waals surface area contributed by atoms with Gasteiger partial charge >= 0.3 is 5.97 Å². The molecule has 0 radical (unpaired) electrons. The summed E-state index contributed by atoms with van der Waals surface area (Å²) in [7, 11) is -3.73. The molecule has 0 aliphatic rings. The zero-order chi connectivity index (χ0) is 18.1. The smallest absolute Gasteiger partial charge is 0.355 e. The van der Waals surface area contributed by atoms with Crippen LogP contribution in [0.1, 0.15) is 53.9 Å². The van der Waals surface area contributed by atoms with Gasteiger partial charge in [-0.05, 0) is 49.9 Å². The van der Waals surface area contributed by atoms with E-state index in [-0.39, 0.29) is 28.1 Å². The van der Waals surface area contributed by atoms with Crippen LogP contribution in [0, 0.1) is 13.8 Å². The average Bonchev–Trinajstić information content (AvgIpc) is 2.86. The second-order valence-corrected chi connectivity index (χ2v) is 7.95. The van der Waals surface area contributed by atoms with Crippen molar-refractivity contribution in [1.29, 1.82) is 0 Å². The Kier molecular flexibility index (Phi) is 5.18. The summed E-state index contributed by atoms with van der Waals surface area (Å²) in [5.41, 5.74) is 2.44. The lowest BCUT2D eigenvalue weighted by molar-refractivity contribution is 0.0518. The van der Waals surface area contributed by atoms with Crippen molar-refractivity contribution in [1.82, 2.24) is 4.98 Å². The van der Waals surface area contributed by atoms with Crippen LogP contribution in [-0.2, 0) is 14.6 Å². The van der Waals surface area contributed by atoms with Crippen LogP contribution in [0.2, 0.25) is 0 Å². The Balaban J connectivity index is 2.64. The number of esters is 1. The molecule has 2 rings (SSSR count). The molecule has 0 spiro atoms. The van der Waals surface area contributed by atoms with Gasteiger partial charge in [-0.1, -0.05) is 31.5 Å². The molecule has 130 valence electrons. The highest BCUT2D eigenvalue weighted by atomic mass is 32.2. The molecule has 2 aromatic rings. The van der Waals surface area contributed by atoms with E-state index >= 15 is 0 Å². The largest absolute Gasteiger partial charge is 0.461 e. The first kappa shape index (κ1) is 18.3. The molecule has 6 heteroatoms. The molecule has 1 aromatic heterocycles. The predicted octanol–water partition coefficient (Wildman–Crippen LogP) is 3.76. The van der Waals surface area contributed by atoms with Gasteiger partial charge in [-0.3, -0.25) is 0 Å². The Morgan fingerprint density at radius 1 is 1.17 bits per heavy atom. The van der Waals surface area contributed by atoms with Crippen molar-refractivity contribution < 1.29 is 17.9 Å². The Morgan fingerprint density at radius 3 is 2.25 bits per heavy atom. The van der Waals surface area contributed by atoms with Crippen LogP contribution in [0.4, 0.5) is 0 Å². The molecule has 1 N–H and O–H groups in total. The summed E-state index contributed by atoms with van der Waals surface area (Å²) in [6.07, 6.45) is 0. The lowest BCUT2D eigenvalue weighted by Crippen LogP contribution is -2.09. The molecule has 0 atom stereocenters. The van der Waals surface area contributed by atoms with Crippen molar-refractivity contribution in [2.45, 2.75) is 50.5 Å². The van der Waals surface area contributed by atoms with Crippen LogP contribution >= 0.6 is 0 Å². The van der Waals surface area contributed by atoms with Gasteiger partial charge in [0.1, 0.15) is 10.7 Å². The molecular formula is C18H23NO4S. The van der Waals surface area contributed by atoms with Crippen LogP contribution < -0.4 is 0 Å². The van der Waals surface area contributed by atoms with E-state index in [2.05, 4.69) is 4.98 Å². The molecule has 0 bridgehead atoms. The van der Waals surface area contributed by atoms with Crippen LogP contribution in [0.3, 0.4) is 0 Å². The van der Waals surface area contributed by atoms with Crippen molar-refractivity contribution in [3.8, 4) is 0 Å². The molecular weight excluding hydrogens is 326 g/mol. The Morgan fingerprint density at radius 2 is 1.75 bits per heavy atom. The first-order valence-corrected chi connectivity index (χ1v) is 9.39. The van der Waals surface area contributed by atoms with Crippen molar-refractivity contribution in [2.75, 3.05) is 6.61 Å². The normalized spacial score (nSPS) is 11.8. The molecule has 0 saturated carbocycles. The lowest BCUT2D eigenvalue weighted by Gasteiger charge is -2.08. The van der Waals surface area contributed by atoms with Crippen LogP contribution in [-0.4, -0.2) is 26.0 Å². The second-order valence-electron chi connectivity index (χ2n) is 6.06. The van der Waals surface area contributed by atoms with Gasteiger partial charge in [-0.2, -0.15) is 0 Å². The number of carbonyl (C=O) groups is 1. The van der Waals surface area contributed by atoms with Crippen molar-refractivity contribution in [3.63, 3.8) is 0 Å². The van der Waals surface area contributed by atoms with Crippen LogP contribution in [0.15, 0.2) is 34.2 Å². The highest BCUT2D eigenvalue weighted by molar-refractivity contribution is 7.91. The van der Waals surface area contributed by atoms with E-state index in [1.807, 2.05) is 20.8 Å². The Labute approximate surface area is 143 Å². The number of hydrogen-bond donors (Lipinski definition) is 1. The minimum atomic E-state index is -3.73. The van der Waals surface area contributed by atoms with Crippen molar-refractivity contribution in [2.24, 2.45) is 0 Å². The zero-order valence-corrected chi connectivity index (χ0v) is 15.5. The highest BCUT2D eigenvalue weighted by Gasteiger charge is 2.29. The summed E-state index contributed by atoms with van der Waals surface area (Å²) >= 11 is 0. The number of benzene rings is 1. The second kappa shape index (κ2) is 6.81. The molecule has 0 saturated heterocycles. The summed E-state index contributed by atoms with van der Waals surface area (Å²) < 4.78 is 31.0. The third-order valence-electron chi connectivity index (χ3n) is 3.91. The molecule has 1 aromatic carbocycles. The summed E-state index contributed by atoms with van der Waals surface area (Å²) in [5, 5.41) is 0.0538. The van der Waals surface area contributed by atoms with Crippen LogP contribution in [0.5, 0.6) is 0 Å². The third kappa shape index (κ3) is 3.24. The number of ether oxygens (including phenoxy) is 1. The number of sulfone groups is 1. The fourth-order valence-electron chi connectivity index (χ4n) is 2.77. The first-order valence-electron chi connectivity index (χ1n) is 7.91. The quantitative estimate of drug-likeness (QED) is 0.834. The summed E-state index contributed by atoms with van der Waals surface area (Å²) in [6.45, 7) is 9.39. The molecule has 5 nitrogen and oxygen atoms in total. The molecule has 0 aliphatic heterocycles. The summed E-state index contributed by atoms with van der Waals surface area (Å²) in [6, 6.07) is 6.65. The maximum Gasteiger partial charge on any atom is 0.355 e. The van der Waals surface area contributed by atoms with Crippen molar-refractivity contribution >= 4 is 15.8 Å². The molecule has 0 aliphatic carbocycles. The minimum absolute atomic E-state index is 0.0115. The number of aryl methyl sites for hydroxylation is 1. The van der Waals surface area contributed by atoms with Gasteiger partial charge in [0.2, 0.25) is 9.84 Å². The monoisotopic (exact) mass is 349 g/mol. The van der Waals surface area contributed by atoms with Gasteiger partial charge in [0, 0.05) is 0 Å². The lowest BCUT2D eigenvalue weighted by atomic mass is 10.00. The van der Waals surface area contributed by atoms with Gasteiger partial charge in [-0.15, -0.1) is 0 Å². The maximum atomic E-state index is 13.0. The number of hydrogen-bond acceptors (Lipinski definition) is 4. The predicted molar refractivity (Wildman–Crippen MR) is 92.2 cm³/mol. The molecule has 1 heterocycles. The van der Waals surface area contributed by atoms with Crippen molar-refractivity contribution in [3.05, 3.63) is 46.6 Å². The van der Waals surface area contributed by atoms with E-state index in [4.69, 9.17) is 4.74 Å².